The van der Waals surface area contributed by atoms with Gasteiger partial charge in [0, 0.05) is 44.9 Å². The van der Waals surface area contributed by atoms with Gasteiger partial charge in [0.1, 0.15) is 0 Å². The zero-order valence-electron chi connectivity index (χ0n) is 19.5. The van der Waals surface area contributed by atoms with Gasteiger partial charge in [-0.15, -0.1) is 0 Å². The van der Waals surface area contributed by atoms with Gasteiger partial charge in [0.25, 0.3) is 5.91 Å². The fourth-order valence-electron chi connectivity index (χ4n) is 3.99. The molecule has 6 heteroatoms. The summed E-state index contributed by atoms with van der Waals surface area (Å²) in [5.41, 5.74) is 4.62. The van der Waals surface area contributed by atoms with Crippen LogP contribution in [-0.2, 0) is 11.2 Å². The van der Waals surface area contributed by atoms with E-state index in [0.717, 1.165) is 24.9 Å². The molecule has 3 aromatic rings. The third-order valence-electron chi connectivity index (χ3n) is 5.91. The molecule has 6 nitrogen and oxygen atoms in total. The fourth-order valence-corrected chi connectivity index (χ4v) is 3.99. The number of hydroxylamine groups is 1. The summed E-state index contributed by atoms with van der Waals surface area (Å²) in [4.78, 5) is 28.5. The van der Waals surface area contributed by atoms with E-state index in [1.165, 1.54) is 16.3 Å². The minimum Gasteiger partial charge on any atom is -0.378 e. The van der Waals surface area contributed by atoms with Crippen molar-refractivity contribution < 1.29 is 14.8 Å². The number of unbranched alkanes of at least 4 members (excludes halogenated alkanes) is 2. The number of rotatable bonds is 11. The lowest BCUT2D eigenvalue weighted by molar-refractivity contribution is -0.129. The van der Waals surface area contributed by atoms with Gasteiger partial charge in [-0.2, -0.15) is 0 Å². The molecule has 0 aliphatic heterocycles. The van der Waals surface area contributed by atoms with Crippen molar-refractivity contribution in [1.82, 2.24) is 10.4 Å². The molecule has 0 bridgehead atoms. The van der Waals surface area contributed by atoms with E-state index in [1.54, 1.807) is 5.48 Å². The molecule has 2 amide bonds. The second-order valence-corrected chi connectivity index (χ2v) is 8.47. The van der Waals surface area contributed by atoms with Crippen molar-refractivity contribution in [2.75, 3.05) is 32.1 Å². The highest BCUT2D eigenvalue weighted by Gasteiger charge is 2.16. The molecule has 3 aromatic carbocycles. The molecule has 0 unspecified atom stereocenters. The third-order valence-corrected chi connectivity index (χ3v) is 5.91. The van der Waals surface area contributed by atoms with Crippen molar-refractivity contribution in [2.45, 2.75) is 32.1 Å². The molecule has 0 fully saturated rings. The van der Waals surface area contributed by atoms with Crippen LogP contribution >= 0.6 is 0 Å². The zero-order valence-corrected chi connectivity index (χ0v) is 19.5. The van der Waals surface area contributed by atoms with E-state index in [1.807, 2.05) is 60.3 Å². The van der Waals surface area contributed by atoms with E-state index in [-0.39, 0.29) is 18.2 Å². The van der Waals surface area contributed by atoms with E-state index in [9.17, 15) is 9.59 Å². The van der Waals surface area contributed by atoms with Gasteiger partial charge in [0.2, 0.25) is 5.91 Å². The predicted molar refractivity (Wildman–Crippen MR) is 133 cm³/mol. The average molecular weight is 448 g/mol. The number of benzene rings is 3. The van der Waals surface area contributed by atoms with Crippen molar-refractivity contribution in [1.29, 1.82) is 0 Å². The minimum absolute atomic E-state index is 0.0219. The van der Waals surface area contributed by atoms with Gasteiger partial charge in [0.05, 0.1) is 0 Å². The number of amides is 2. The highest BCUT2D eigenvalue weighted by Crippen LogP contribution is 2.20. The molecule has 0 spiro atoms. The molecule has 0 aromatic heterocycles. The normalized spacial score (nSPS) is 10.8. The molecule has 0 saturated heterocycles. The number of carbonyl (C=O) groups excluding carboxylic acids is 2. The lowest BCUT2D eigenvalue weighted by Gasteiger charge is -2.24. The van der Waals surface area contributed by atoms with Crippen LogP contribution in [0.2, 0.25) is 0 Å². The summed E-state index contributed by atoms with van der Waals surface area (Å²) in [6.07, 6.45) is 3.35. The van der Waals surface area contributed by atoms with Gasteiger partial charge in [-0.25, -0.2) is 5.48 Å². The number of carbonyl (C=O) groups is 2. The largest absolute Gasteiger partial charge is 0.378 e. The van der Waals surface area contributed by atoms with Crippen LogP contribution in [0.3, 0.4) is 0 Å². The summed E-state index contributed by atoms with van der Waals surface area (Å²) in [6, 6.07) is 22.3. The van der Waals surface area contributed by atoms with Crippen LogP contribution in [0.15, 0.2) is 66.7 Å². The summed E-state index contributed by atoms with van der Waals surface area (Å²) in [5.74, 6) is -0.353. The molecule has 3 rings (SSSR count). The molecule has 0 saturated carbocycles. The number of fused-ring (bicyclic) bond motifs is 1. The molecule has 0 atom stereocenters. The van der Waals surface area contributed by atoms with Gasteiger partial charge in [0.15, 0.2) is 0 Å². The second-order valence-electron chi connectivity index (χ2n) is 8.47. The Bertz CT molecular complexity index is 1060. The van der Waals surface area contributed by atoms with Crippen molar-refractivity contribution in [3.05, 3.63) is 77.9 Å². The lowest BCUT2D eigenvalue weighted by Crippen LogP contribution is -2.34. The number of nitrogens with zero attached hydrogens (tertiary/aromatic N) is 2. The van der Waals surface area contributed by atoms with Gasteiger partial charge in [-0.1, -0.05) is 48.9 Å². The van der Waals surface area contributed by atoms with Gasteiger partial charge in [-0.3, -0.25) is 14.8 Å². The summed E-state index contributed by atoms with van der Waals surface area (Å²) >= 11 is 0. The molecule has 0 radical (unpaired) electrons. The van der Waals surface area contributed by atoms with Gasteiger partial charge < -0.3 is 9.80 Å². The monoisotopic (exact) mass is 447 g/mol. The molecular weight excluding hydrogens is 414 g/mol. The average Bonchev–Trinajstić information content (AvgIpc) is 2.85. The van der Waals surface area contributed by atoms with Gasteiger partial charge >= 0.3 is 0 Å². The SMILES string of the molecule is CN(C)c1ccc(C(=O)N(CCCCCC(=O)NO)CCc2cccc3ccccc23)cc1. The van der Waals surface area contributed by atoms with Crippen LogP contribution in [0.5, 0.6) is 0 Å². The first-order valence-corrected chi connectivity index (χ1v) is 11.5. The van der Waals surface area contributed by atoms with E-state index >= 15 is 0 Å². The summed E-state index contributed by atoms with van der Waals surface area (Å²) in [7, 11) is 3.95. The maximum Gasteiger partial charge on any atom is 0.253 e. The smallest absolute Gasteiger partial charge is 0.253 e. The fraction of sp³-hybridized carbons (Fsp3) is 0.333. The van der Waals surface area contributed by atoms with Crippen LogP contribution in [0.25, 0.3) is 10.8 Å². The van der Waals surface area contributed by atoms with Crippen LogP contribution < -0.4 is 10.4 Å². The van der Waals surface area contributed by atoms with Crippen LogP contribution in [0, 0.1) is 0 Å². The van der Waals surface area contributed by atoms with Crippen molar-refractivity contribution in [3.63, 3.8) is 0 Å². The van der Waals surface area contributed by atoms with Crippen molar-refractivity contribution >= 4 is 28.3 Å². The Labute approximate surface area is 195 Å². The first-order valence-electron chi connectivity index (χ1n) is 11.5. The summed E-state index contributed by atoms with van der Waals surface area (Å²) in [5, 5.41) is 11.1. The van der Waals surface area contributed by atoms with Crippen molar-refractivity contribution in [2.24, 2.45) is 0 Å². The lowest BCUT2D eigenvalue weighted by atomic mass is 10.0. The minimum atomic E-state index is -0.375. The highest BCUT2D eigenvalue weighted by molar-refractivity contribution is 5.94. The molecule has 2 N–H and O–H groups in total. The Morgan fingerprint density at radius 1 is 0.848 bits per heavy atom. The van der Waals surface area contributed by atoms with E-state index < -0.39 is 0 Å². The summed E-state index contributed by atoms with van der Waals surface area (Å²) in [6.45, 7) is 1.25. The summed E-state index contributed by atoms with van der Waals surface area (Å²) < 4.78 is 0. The van der Waals surface area contributed by atoms with E-state index in [0.29, 0.717) is 25.1 Å². The Hall–Kier alpha value is -3.38. The Kier molecular flexibility index (Phi) is 8.84. The molecule has 0 aliphatic rings. The molecule has 33 heavy (non-hydrogen) atoms. The quantitative estimate of drug-likeness (QED) is 0.255. The molecule has 174 valence electrons. The molecular formula is C27H33N3O3. The maximum absolute atomic E-state index is 13.3. The van der Waals surface area contributed by atoms with Crippen LogP contribution in [0.1, 0.15) is 41.6 Å². The third kappa shape index (κ3) is 6.80. The molecule has 0 aliphatic carbocycles. The number of hydrogen-bond donors (Lipinski definition) is 2. The Morgan fingerprint density at radius 3 is 2.30 bits per heavy atom. The van der Waals surface area contributed by atoms with Crippen LogP contribution in [-0.4, -0.2) is 49.1 Å². The topological polar surface area (TPSA) is 72.9 Å². The first-order chi connectivity index (χ1) is 16.0. The van der Waals surface area contributed by atoms with Crippen molar-refractivity contribution in [3.8, 4) is 0 Å². The highest BCUT2D eigenvalue weighted by atomic mass is 16.5. The van der Waals surface area contributed by atoms with Gasteiger partial charge in [-0.05, 0) is 59.9 Å². The molecule has 0 heterocycles. The van der Waals surface area contributed by atoms with E-state index in [4.69, 9.17) is 5.21 Å². The Morgan fingerprint density at radius 2 is 1.58 bits per heavy atom. The zero-order chi connectivity index (χ0) is 23.6. The number of hydrogen-bond acceptors (Lipinski definition) is 4. The number of anilines is 1. The maximum atomic E-state index is 13.3. The van der Waals surface area contributed by atoms with Crippen LogP contribution in [0.4, 0.5) is 5.69 Å². The Balaban J connectivity index is 1.70. The second kappa shape index (κ2) is 12.0. The number of nitrogens with one attached hydrogen (secondary N) is 1. The first kappa shape index (κ1) is 24.3. The van der Waals surface area contributed by atoms with E-state index in [2.05, 4.69) is 30.3 Å². The standard InChI is InChI=1S/C27H33N3O3/c1-29(2)24-16-14-23(15-17-24)27(32)30(19-7-3-4-13-26(31)28-33)20-18-22-11-8-10-21-9-5-6-12-25(21)22/h5-6,8-12,14-17,33H,3-4,7,13,18-20H2,1-2H3,(H,28,31). The predicted octanol–water partition coefficient (Wildman–Crippen LogP) is 4.66.